The Kier molecular flexibility index (Phi) is 5.43. The molecule has 3 N–H and O–H groups in total. The topological polar surface area (TPSA) is 58.4 Å². The molecule has 1 aliphatic rings. The quantitative estimate of drug-likeness (QED) is 0.868. The van der Waals surface area contributed by atoms with Crippen molar-refractivity contribution in [3.05, 3.63) is 27.7 Å². The summed E-state index contributed by atoms with van der Waals surface area (Å²) in [4.78, 5) is 14.2. The first-order valence-electron chi connectivity index (χ1n) is 6.68. The first-order chi connectivity index (χ1) is 9.45. The molecule has 1 amide bonds. The number of halogens is 2. The van der Waals surface area contributed by atoms with E-state index in [9.17, 15) is 4.79 Å². The van der Waals surface area contributed by atoms with Crippen LogP contribution in [-0.2, 0) is 4.79 Å². The number of benzene rings is 1. The van der Waals surface area contributed by atoms with Crippen molar-refractivity contribution in [3.63, 3.8) is 0 Å². The molecule has 1 saturated heterocycles. The van der Waals surface area contributed by atoms with Gasteiger partial charge in [0.25, 0.3) is 0 Å². The van der Waals surface area contributed by atoms with Gasteiger partial charge in [-0.15, -0.1) is 0 Å². The van der Waals surface area contributed by atoms with E-state index in [-0.39, 0.29) is 11.9 Å². The molecular weight excluding hydrogens is 342 g/mol. The van der Waals surface area contributed by atoms with E-state index in [1.54, 1.807) is 12.1 Å². The Labute approximate surface area is 132 Å². The molecule has 1 aromatic carbocycles. The van der Waals surface area contributed by atoms with Gasteiger partial charge in [0.1, 0.15) is 0 Å². The first kappa shape index (κ1) is 15.8. The third-order valence-corrected chi connectivity index (χ3v) is 4.43. The van der Waals surface area contributed by atoms with E-state index < -0.39 is 0 Å². The summed E-state index contributed by atoms with van der Waals surface area (Å²) in [5.74, 6) is 0.443. The standard InChI is InChI=1S/C14H19BrClN3O/c1-9(17)10-4-5-19(7-10)8-14(20)18-13-3-2-11(15)6-12(13)16/h2-3,6,9-10H,4-5,7-8,17H2,1H3,(H,18,20). The highest BCUT2D eigenvalue weighted by Gasteiger charge is 2.26. The number of rotatable bonds is 4. The van der Waals surface area contributed by atoms with Crippen molar-refractivity contribution in [2.45, 2.75) is 19.4 Å². The van der Waals surface area contributed by atoms with Crippen LogP contribution in [0.25, 0.3) is 0 Å². The Morgan fingerprint density at radius 3 is 3.00 bits per heavy atom. The molecule has 0 bridgehead atoms. The van der Waals surface area contributed by atoms with Gasteiger partial charge in [0.2, 0.25) is 5.91 Å². The number of nitrogens with two attached hydrogens (primary N) is 1. The minimum Gasteiger partial charge on any atom is -0.328 e. The van der Waals surface area contributed by atoms with Crippen LogP contribution in [0.4, 0.5) is 5.69 Å². The van der Waals surface area contributed by atoms with Crippen LogP contribution >= 0.6 is 27.5 Å². The lowest BCUT2D eigenvalue weighted by Gasteiger charge is -2.17. The van der Waals surface area contributed by atoms with Crippen molar-refractivity contribution in [1.29, 1.82) is 0 Å². The van der Waals surface area contributed by atoms with Crippen molar-refractivity contribution in [3.8, 4) is 0 Å². The molecule has 2 atom stereocenters. The van der Waals surface area contributed by atoms with Crippen molar-refractivity contribution < 1.29 is 4.79 Å². The monoisotopic (exact) mass is 359 g/mol. The molecule has 1 fully saturated rings. The lowest BCUT2D eigenvalue weighted by Crippen LogP contribution is -2.34. The maximum Gasteiger partial charge on any atom is 0.238 e. The van der Waals surface area contributed by atoms with Crippen LogP contribution in [0.2, 0.25) is 5.02 Å². The fourth-order valence-corrected chi connectivity index (χ4v) is 3.14. The Bertz CT molecular complexity index is 495. The van der Waals surface area contributed by atoms with E-state index in [1.165, 1.54) is 0 Å². The number of amides is 1. The van der Waals surface area contributed by atoms with Gasteiger partial charge in [-0.2, -0.15) is 0 Å². The molecule has 110 valence electrons. The maximum absolute atomic E-state index is 12.0. The van der Waals surface area contributed by atoms with Crippen LogP contribution in [0.3, 0.4) is 0 Å². The molecule has 0 aliphatic carbocycles. The summed E-state index contributed by atoms with van der Waals surface area (Å²) in [6.07, 6.45) is 1.06. The van der Waals surface area contributed by atoms with Gasteiger partial charge in [-0.25, -0.2) is 0 Å². The molecule has 20 heavy (non-hydrogen) atoms. The van der Waals surface area contributed by atoms with Crippen molar-refractivity contribution in [1.82, 2.24) is 4.90 Å². The van der Waals surface area contributed by atoms with Crippen LogP contribution < -0.4 is 11.1 Å². The number of anilines is 1. The van der Waals surface area contributed by atoms with E-state index in [4.69, 9.17) is 17.3 Å². The van der Waals surface area contributed by atoms with Gasteiger partial charge in [0.15, 0.2) is 0 Å². The van der Waals surface area contributed by atoms with Crippen LogP contribution in [0, 0.1) is 5.92 Å². The summed E-state index contributed by atoms with van der Waals surface area (Å²) >= 11 is 9.42. The molecular formula is C14H19BrClN3O. The number of hydrogen-bond donors (Lipinski definition) is 2. The van der Waals surface area contributed by atoms with Gasteiger partial charge in [-0.05, 0) is 44.0 Å². The normalized spacial score (nSPS) is 20.9. The summed E-state index contributed by atoms with van der Waals surface area (Å²) in [5, 5.41) is 3.37. The molecule has 1 aromatic rings. The molecule has 0 saturated carbocycles. The zero-order valence-electron chi connectivity index (χ0n) is 11.4. The van der Waals surface area contributed by atoms with Crippen LogP contribution in [0.5, 0.6) is 0 Å². The predicted molar refractivity (Wildman–Crippen MR) is 86.0 cm³/mol. The maximum atomic E-state index is 12.0. The number of nitrogens with zero attached hydrogens (tertiary/aromatic N) is 1. The van der Waals surface area contributed by atoms with Crippen LogP contribution in [0.1, 0.15) is 13.3 Å². The van der Waals surface area contributed by atoms with Gasteiger partial charge in [0, 0.05) is 17.1 Å². The number of carbonyl (C=O) groups is 1. The van der Waals surface area contributed by atoms with Gasteiger partial charge < -0.3 is 11.1 Å². The minimum atomic E-state index is -0.0421. The Morgan fingerprint density at radius 2 is 2.40 bits per heavy atom. The second kappa shape index (κ2) is 6.89. The van der Waals surface area contributed by atoms with E-state index >= 15 is 0 Å². The van der Waals surface area contributed by atoms with Crippen molar-refractivity contribution in [2.24, 2.45) is 11.7 Å². The molecule has 6 heteroatoms. The molecule has 0 radical (unpaired) electrons. The minimum absolute atomic E-state index is 0.0421. The highest BCUT2D eigenvalue weighted by molar-refractivity contribution is 9.10. The smallest absolute Gasteiger partial charge is 0.238 e. The number of hydrogen-bond acceptors (Lipinski definition) is 3. The molecule has 1 heterocycles. The second-order valence-corrected chi connectivity index (χ2v) is 6.64. The molecule has 1 aliphatic heterocycles. The highest BCUT2D eigenvalue weighted by Crippen LogP contribution is 2.25. The third-order valence-electron chi connectivity index (χ3n) is 3.62. The summed E-state index contributed by atoms with van der Waals surface area (Å²) in [6.45, 7) is 4.22. The molecule has 2 rings (SSSR count). The SMILES string of the molecule is CC(N)C1CCN(CC(=O)Nc2ccc(Br)cc2Cl)C1. The Morgan fingerprint density at radius 1 is 1.65 bits per heavy atom. The summed E-state index contributed by atoms with van der Waals surface area (Å²) in [6, 6.07) is 5.59. The van der Waals surface area contributed by atoms with E-state index in [1.807, 2.05) is 13.0 Å². The fraction of sp³-hybridized carbons (Fsp3) is 0.500. The lowest BCUT2D eigenvalue weighted by atomic mass is 10.0. The summed E-state index contributed by atoms with van der Waals surface area (Å²) < 4.78 is 0.889. The van der Waals surface area contributed by atoms with Gasteiger partial charge >= 0.3 is 0 Å². The molecule has 0 aromatic heterocycles. The Balaban J connectivity index is 1.87. The zero-order valence-corrected chi connectivity index (χ0v) is 13.7. The number of nitrogens with one attached hydrogen (secondary N) is 1. The highest BCUT2D eigenvalue weighted by atomic mass is 79.9. The summed E-state index contributed by atoms with van der Waals surface area (Å²) in [7, 11) is 0. The first-order valence-corrected chi connectivity index (χ1v) is 7.85. The number of likely N-dealkylation sites (tertiary alicyclic amines) is 1. The third kappa shape index (κ3) is 4.19. The lowest BCUT2D eigenvalue weighted by molar-refractivity contribution is -0.117. The fourth-order valence-electron chi connectivity index (χ4n) is 2.42. The van der Waals surface area contributed by atoms with Crippen molar-refractivity contribution >= 4 is 39.1 Å². The zero-order chi connectivity index (χ0) is 14.7. The van der Waals surface area contributed by atoms with Crippen molar-refractivity contribution in [2.75, 3.05) is 25.0 Å². The van der Waals surface area contributed by atoms with Crippen LogP contribution in [-0.4, -0.2) is 36.5 Å². The predicted octanol–water partition coefficient (Wildman–Crippen LogP) is 2.71. The summed E-state index contributed by atoms with van der Waals surface area (Å²) in [5.41, 5.74) is 6.54. The Hall–Kier alpha value is -0.620. The van der Waals surface area contributed by atoms with Gasteiger partial charge in [-0.3, -0.25) is 9.69 Å². The molecule has 2 unspecified atom stereocenters. The molecule has 4 nitrogen and oxygen atoms in total. The van der Waals surface area contributed by atoms with E-state index in [0.29, 0.717) is 23.2 Å². The second-order valence-electron chi connectivity index (χ2n) is 5.32. The van der Waals surface area contributed by atoms with E-state index in [2.05, 4.69) is 26.1 Å². The number of carbonyl (C=O) groups excluding carboxylic acids is 1. The van der Waals surface area contributed by atoms with Gasteiger partial charge in [-0.1, -0.05) is 27.5 Å². The van der Waals surface area contributed by atoms with E-state index in [0.717, 1.165) is 24.0 Å². The van der Waals surface area contributed by atoms with Gasteiger partial charge in [0.05, 0.1) is 17.3 Å². The average Bonchev–Trinajstić information content (AvgIpc) is 2.81. The largest absolute Gasteiger partial charge is 0.328 e. The van der Waals surface area contributed by atoms with Crippen LogP contribution in [0.15, 0.2) is 22.7 Å². The molecule has 0 spiro atoms. The average molecular weight is 361 g/mol.